The van der Waals surface area contributed by atoms with Crippen molar-refractivity contribution in [3.63, 3.8) is 0 Å². The van der Waals surface area contributed by atoms with Crippen molar-refractivity contribution in [3.05, 3.63) is 41.2 Å². The molecule has 2 heterocycles. The van der Waals surface area contributed by atoms with Crippen LogP contribution in [0.5, 0.6) is 0 Å². The Morgan fingerprint density at radius 3 is 2.77 bits per heavy atom. The highest BCUT2D eigenvalue weighted by Gasteiger charge is 2.09. The van der Waals surface area contributed by atoms with Crippen LogP contribution in [-0.2, 0) is 11.2 Å². The zero-order chi connectivity index (χ0) is 15.5. The summed E-state index contributed by atoms with van der Waals surface area (Å²) in [6, 6.07) is 7.97. The van der Waals surface area contributed by atoms with E-state index in [9.17, 15) is 4.79 Å². The summed E-state index contributed by atoms with van der Waals surface area (Å²) in [7, 11) is 0. The molecule has 0 unspecified atom stereocenters. The summed E-state index contributed by atoms with van der Waals surface area (Å²) in [5.74, 6) is 0.478. The molecular weight excluding hydrogens is 298 g/mol. The van der Waals surface area contributed by atoms with Crippen molar-refractivity contribution in [2.24, 2.45) is 0 Å². The predicted molar refractivity (Wildman–Crippen MR) is 86.1 cm³/mol. The molecule has 0 aliphatic rings. The summed E-state index contributed by atoms with van der Waals surface area (Å²) >= 11 is 1.46. The molecular formula is C15H17N5OS. The minimum atomic E-state index is -0.0109. The number of anilines is 1. The molecule has 0 spiro atoms. The van der Waals surface area contributed by atoms with Crippen molar-refractivity contribution < 1.29 is 4.79 Å². The van der Waals surface area contributed by atoms with Gasteiger partial charge >= 0.3 is 0 Å². The van der Waals surface area contributed by atoms with Crippen LogP contribution in [0, 0.1) is 0 Å². The first-order chi connectivity index (χ1) is 10.6. The topological polar surface area (TPSA) is 72.2 Å². The van der Waals surface area contributed by atoms with Crippen LogP contribution < -0.4 is 5.32 Å². The maximum Gasteiger partial charge on any atom is 0.234 e. The van der Waals surface area contributed by atoms with E-state index >= 15 is 0 Å². The maximum absolute atomic E-state index is 12.0. The van der Waals surface area contributed by atoms with E-state index in [4.69, 9.17) is 0 Å². The quantitative estimate of drug-likeness (QED) is 0.786. The number of amides is 1. The monoisotopic (exact) mass is 315 g/mol. The number of fused-ring (bicyclic) bond motifs is 1. The summed E-state index contributed by atoms with van der Waals surface area (Å²) in [6.07, 6.45) is 2.56. The van der Waals surface area contributed by atoms with E-state index in [1.807, 2.05) is 24.3 Å². The highest BCUT2D eigenvalue weighted by atomic mass is 32.1. The number of aryl methyl sites for hydroxylation is 1. The van der Waals surface area contributed by atoms with Gasteiger partial charge in [-0.2, -0.15) is 9.61 Å². The van der Waals surface area contributed by atoms with E-state index in [0.29, 0.717) is 18.8 Å². The fourth-order valence-electron chi connectivity index (χ4n) is 2.10. The van der Waals surface area contributed by atoms with Gasteiger partial charge in [0.15, 0.2) is 0 Å². The average Bonchev–Trinajstić information content (AvgIpc) is 3.06. The maximum atomic E-state index is 12.0. The molecule has 0 fully saturated rings. The molecule has 7 heteroatoms. The van der Waals surface area contributed by atoms with E-state index < -0.39 is 0 Å². The molecule has 3 aromatic rings. The first-order valence-corrected chi connectivity index (χ1v) is 7.99. The lowest BCUT2D eigenvalue weighted by Crippen LogP contribution is -2.12. The van der Waals surface area contributed by atoms with Crippen LogP contribution in [0.25, 0.3) is 4.96 Å². The van der Waals surface area contributed by atoms with Crippen molar-refractivity contribution in [2.45, 2.75) is 32.6 Å². The smallest absolute Gasteiger partial charge is 0.234 e. The Bertz CT molecular complexity index is 746. The third-order valence-electron chi connectivity index (χ3n) is 3.36. The SMILES string of the molecule is CC(C)c1ccc(NC(=O)CCc2nn3cnnc3s2)cc1. The van der Waals surface area contributed by atoms with E-state index in [0.717, 1.165) is 15.7 Å². The first-order valence-electron chi connectivity index (χ1n) is 7.17. The molecule has 0 aliphatic carbocycles. The second kappa shape index (κ2) is 6.23. The van der Waals surface area contributed by atoms with Gasteiger partial charge in [-0.05, 0) is 23.6 Å². The molecule has 0 saturated heterocycles. The summed E-state index contributed by atoms with van der Waals surface area (Å²) in [4.78, 5) is 12.7. The summed E-state index contributed by atoms with van der Waals surface area (Å²) in [5, 5.41) is 15.8. The Morgan fingerprint density at radius 1 is 1.32 bits per heavy atom. The Labute approximate surface area is 132 Å². The van der Waals surface area contributed by atoms with Gasteiger partial charge in [0.05, 0.1) is 0 Å². The predicted octanol–water partition coefficient (Wildman–Crippen LogP) is 2.88. The van der Waals surface area contributed by atoms with Gasteiger partial charge in [-0.25, -0.2) is 0 Å². The van der Waals surface area contributed by atoms with Crippen LogP contribution >= 0.6 is 11.3 Å². The van der Waals surface area contributed by atoms with Crippen LogP contribution in [0.15, 0.2) is 30.6 Å². The molecule has 0 radical (unpaired) electrons. The van der Waals surface area contributed by atoms with E-state index in [2.05, 4.69) is 34.5 Å². The molecule has 1 N–H and O–H groups in total. The van der Waals surface area contributed by atoms with Crippen molar-refractivity contribution in [3.8, 4) is 0 Å². The van der Waals surface area contributed by atoms with E-state index in [1.165, 1.54) is 16.9 Å². The van der Waals surface area contributed by atoms with Gasteiger partial charge in [0.2, 0.25) is 10.9 Å². The Balaban J connectivity index is 1.54. The minimum Gasteiger partial charge on any atom is -0.326 e. The number of nitrogens with one attached hydrogen (secondary N) is 1. The average molecular weight is 315 g/mol. The molecule has 1 amide bonds. The zero-order valence-electron chi connectivity index (χ0n) is 12.5. The largest absolute Gasteiger partial charge is 0.326 e. The van der Waals surface area contributed by atoms with Gasteiger partial charge in [-0.15, -0.1) is 10.2 Å². The van der Waals surface area contributed by atoms with Crippen LogP contribution in [0.4, 0.5) is 5.69 Å². The molecule has 0 bridgehead atoms. The molecule has 3 rings (SSSR count). The minimum absolute atomic E-state index is 0.0109. The van der Waals surface area contributed by atoms with Gasteiger partial charge in [0, 0.05) is 18.5 Å². The Morgan fingerprint density at radius 2 is 2.09 bits per heavy atom. The summed E-state index contributed by atoms with van der Waals surface area (Å²) in [5.41, 5.74) is 2.09. The van der Waals surface area contributed by atoms with E-state index in [-0.39, 0.29) is 5.91 Å². The highest BCUT2D eigenvalue weighted by Crippen LogP contribution is 2.18. The number of carbonyl (C=O) groups excluding carboxylic acids is 1. The van der Waals surface area contributed by atoms with Gasteiger partial charge in [0.1, 0.15) is 11.3 Å². The number of aromatic nitrogens is 4. The van der Waals surface area contributed by atoms with Crippen molar-refractivity contribution in [1.29, 1.82) is 0 Å². The lowest BCUT2D eigenvalue weighted by atomic mass is 10.0. The normalized spacial score (nSPS) is 11.2. The molecule has 2 aromatic heterocycles. The zero-order valence-corrected chi connectivity index (χ0v) is 13.3. The first kappa shape index (κ1) is 14.6. The summed E-state index contributed by atoms with van der Waals surface area (Å²) < 4.78 is 1.63. The second-order valence-electron chi connectivity index (χ2n) is 5.38. The van der Waals surface area contributed by atoms with Crippen LogP contribution in [0.2, 0.25) is 0 Å². The van der Waals surface area contributed by atoms with Crippen LogP contribution in [0.3, 0.4) is 0 Å². The number of hydrogen-bond acceptors (Lipinski definition) is 5. The molecule has 6 nitrogen and oxygen atoms in total. The Kier molecular flexibility index (Phi) is 4.15. The van der Waals surface area contributed by atoms with Gasteiger partial charge in [-0.1, -0.05) is 37.3 Å². The number of carbonyl (C=O) groups is 1. The lowest BCUT2D eigenvalue weighted by molar-refractivity contribution is -0.116. The van der Waals surface area contributed by atoms with Gasteiger partial charge in [-0.3, -0.25) is 4.79 Å². The lowest BCUT2D eigenvalue weighted by Gasteiger charge is -2.08. The standard InChI is InChI=1S/C15H17N5OS/c1-10(2)11-3-5-12(6-4-11)17-13(21)7-8-14-19-20-9-16-18-15(20)22-14/h3-6,9-10H,7-8H2,1-2H3,(H,17,21). The van der Waals surface area contributed by atoms with Crippen LogP contribution in [0.1, 0.15) is 36.8 Å². The fraction of sp³-hybridized carbons (Fsp3) is 0.333. The fourth-order valence-corrected chi connectivity index (χ4v) is 2.91. The third-order valence-corrected chi connectivity index (χ3v) is 4.33. The molecule has 22 heavy (non-hydrogen) atoms. The Hall–Kier alpha value is -2.28. The third kappa shape index (κ3) is 3.30. The molecule has 0 saturated carbocycles. The van der Waals surface area contributed by atoms with Gasteiger partial charge < -0.3 is 5.32 Å². The second-order valence-corrected chi connectivity index (χ2v) is 6.42. The van der Waals surface area contributed by atoms with E-state index in [1.54, 1.807) is 10.8 Å². The molecule has 114 valence electrons. The van der Waals surface area contributed by atoms with Crippen LogP contribution in [-0.4, -0.2) is 25.7 Å². The van der Waals surface area contributed by atoms with Crippen molar-refractivity contribution in [1.82, 2.24) is 19.8 Å². The van der Waals surface area contributed by atoms with Gasteiger partial charge in [0.25, 0.3) is 0 Å². The molecule has 0 atom stereocenters. The highest BCUT2D eigenvalue weighted by molar-refractivity contribution is 7.16. The number of nitrogens with zero attached hydrogens (tertiary/aromatic N) is 4. The number of benzene rings is 1. The molecule has 1 aromatic carbocycles. The summed E-state index contributed by atoms with van der Waals surface area (Å²) in [6.45, 7) is 4.29. The number of hydrogen-bond donors (Lipinski definition) is 1. The van der Waals surface area contributed by atoms with Crippen molar-refractivity contribution in [2.75, 3.05) is 5.32 Å². The number of rotatable bonds is 5. The molecule has 0 aliphatic heterocycles. The van der Waals surface area contributed by atoms with Crippen molar-refractivity contribution >= 4 is 27.9 Å².